The van der Waals surface area contributed by atoms with Gasteiger partial charge in [0.25, 0.3) is 5.91 Å². The number of carbonyl (C=O) groups is 1. The van der Waals surface area contributed by atoms with Gasteiger partial charge in [0, 0.05) is 17.9 Å². The van der Waals surface area contributed by atoms with Gasteiger partial charge < -0.3 is 10.6 Å². The lowest BCUT2D eigenvalue weighted by atomic mass is 10.1. The van der Waals surface area contributed by atoms with Gasteiger partial charge >= 0.3 is 0 Å². The molecule has 0 fully saturated rings. The van der Waals surface area contributed by atoms with Gasteiger partial charge in [-0.2, -0.15) is 5.10 Å². The Morgan fingerprint density at radius 2 is 1.96 bits per heavy atom. The summed E-state index contributed by atoms with van der Waals surface area (Å²) >= 11 is 1.58. The van der Waals surface area contributed by atoms with E-state index >= 15 is 0 Å². The molecule has 1 heterocycles. The lowest BCUT2D eigenvalue weighted by Crippen LogP contribution is -2.26. The second-order valence-corrected chi connectivity index (χ2v) is 5.45. The molecule has 1 aromatic heterocycles. The molecule has 1 aromatic carbocycles. The van der Waals surface area contributed by atoms with Crippen LogP contribution in [0.25, 0.3) is 0 Å². The zero-order valence-electron chi connectivity index (χ0n) is 12.7. The summed E-state index contributed by atoms with van der Waals surface area (Å²) in [4.78, 5) is 16.0. The Morgan fingerprint density at radius 3 is 2.57 bits per heavy atom. The Bertz CT molecular complexity index is 551. The summed E-state index contributed by atoms with van der Waals surface area (Å²) < 4.78 is 0. The fraction of sp³-hybridized carbons (Fsp3) is 0.357. The van der Waals surface area contributed by atoms with Crippen molar-refractivity contribution in [3.8, 4) is 0 Å². The molecule has 0 bridgehead atoms. The molecule has 2 aromatic rings. The Kier molecular flexibility index (Phi) is 11.5. The first kappa shape index (κ1) is 21.7. The number of hydrogen-bond donors (Lipinski definition) is 3. The number of benzene rings is 1. The van der Waals surface area contributed by atoms with Crippen molar-refractivity contribution in [1.29, 1.82) is 0 Å². The predicted octanol–water partition coefficient (Wildman–Crippen LogP) is 2.28. The van der Waals surface area contributed by atoms with Crippen molar-refractivity contribution < 1.29 is 4.79 Å². The van der Waals surface area contributed by atoms with Gasteiger partial charge in [0.2, 0.25) is 0 Å². The number of halogens is 2. The maximum Gasteiger partial charge on any atom is 0.251 e. The number of amides is 1. The Labute approximate surface area is 152 Å². The van der Waals surface area contributed by atoms with Crippen LogP contribution in [0.2, 0.25) is 0 Å². The fourth-order valence-electron chi connectivity index (χ4n) is 1.74. The minimum Gasteiger partial charge on any atom is -0.352 e. The standard InChI is InChI=1S/C14H19N5OS.2ClH/c1-15-7-2-8-16-13(20)12-5-3-11(4-6-12)9-21-14-17-10-18-19-14;;/h3-6,10,15H,2,7-9H2,1H3,(H,16,20)(H,17,18,19);2*1H. The van der Waals surface area contributed by atoms with Crippen LogP contribution >= 0.6 is 36.6 Å². The van der Waals surface area contributed by atoms with E-state index in [4.69, 9.17) is 0 Å². The zero-order valence-corrected chi connectivity index (χ0v) is 15.2. The molecule has 6 nitrogen and oxygen atoms in total. The van der Waals surface area contributed by atoms with Crippen molar-refractivity contribution in [1.82, 2.24) is 25.8 Å². The summed E-state index contributed by atoms with van der Waals surface area (Å²) in [6, 6.07) is 7.63. The molecule has 0 aliphatic heterocycles. The SMILES string of the molecule is CNCCCNC(=O)c1ccc(CSc2ncn[nH]2)cc1.Cl.Cl. The van der Waals surface area contributed by atoms with Gasteiger partial charge in [0.15, 0.2) is 5.16 Å². The van der Waals surface area contributed by atoms with Crippen LogP contribution in [-0.2, 0) is 5.75 Å². The first-order valence-electron chi connectivity index (χ1n) is 6.79. The lowest BCUT2D eigenvalue weighted by Gasteiger charge is -2.06. The second kappa shape index (κ2) is 12.2. The Balaban J connectivity index is 0.00000242. The van der Waals surface area contributed by atoms with Gasteiger partial charge in [-0.3, -0.25) is 9.89 Å². The summed E-state index contributed by atoms with van der Waals surface area (Å²) in [6.07, 6.45) is 2.41. The molecule has 1 amide bonds. The van der Waals surface area contributed by atoms with E-state index in [0.717, 1.165) is 29.4 Å². The van der Waals surface area contributed by atoms with Crippen LogP contribution in [0.3, 0.4) is 0 Å². The van der Waals surface area contributed by atoms with E-state index in [1.165, 1.54) is 6.33 Å². The molecule has 0 atom stereocenters. The molecule has 0 aliphatic rings. The van der Waals surface area contributed by atoms with Crippen molar-refractivity contribution >= 4 is 42.5 Å². The average Bonchev–Trinajstić information content (AvgIpc) is 3.03. The van der Waals surface area contributed by atoms with Crippen LogP contribution in [0.15, 0.2) is 35.7 Å². The van der Waals surface area contributed by atoms with Crippen LogP contribution in [0.4, 0.5) is 0 Å². The summed E-state index contributed by atoms with van der Waals surface area (Å²) in [5.41, 5.74) is 1.83. The topological polar surface area (TPSA) is 82.7 Å². The van der Waals surface area contributed by atoms with E-state index < -0.39 is 0 Å². The molecule has 0 radical (unpaired) electrons. The van der Waals surface area contributed by atoms with Crippen molar-refractivity contribution in [3.05, 3.63) is 41.7 Å². The maximum atomic E-state index is 11.9. The second-order valence-electron chi connectivity index (χ2n) is 4.49. The molecule has 0 spiro atoms. The van der Waals surface area contributed by atoms with Gasteiger partial charge in [0.05, 0.1) is 0 Å². The largest absolute Gasteiger partial charge is 0.352 e. The molecule has 0 unspecified atom stereocenters. The summed E-state index contributed by atoms with van der Waals surface area (Å²) in [7, 11) is 1.90. The Morgan fingerprint density at radius 1 is 1.22 bits per heavy atom. The molecule has 0 saturated carbocycles. The zero-order chi connectivity index (χ0) is 14.9. The summed E-state index contributed by atoms with van der Waals surface area (Å²) in [5, 5.41) is 13.3. The number of nitrogens with one attached hydrogen (secondary N) is 3. The first-order chi connectivity index (χ1) is 10.3. The van der Waals surface area contributed by atoms with Crippen LogP contribution in [0.1, 0.15) is 22.3 Å². The minimum absolute atomic E-state index is 0. The number of aromatic nitrogens is 3. The highest BCUT2D eigenvalue weighted by molar-refractivity contribution is 7.98. The number of aromatic amines is 1. The van der Waals surface area contributed by atoms with E-state index in [1.807, 2.05) is 31.3 Å². The molecule has 23 heavy (non-hydrogen) atoms. The number of thioether (sulfide) groups is 1. The molecular weight excluding hydrogens is 357 g/mol. The van der Waals surface area contributed by atoms with Crippen LogP contribution in [-0.4, -0.2) is 41.2 Å². The third kappa shape index (κ3) is 7.69. The maximum absolute atomic E-state index is 11.9. The lowest BCUT2D eigenvalue weighted by molar-refractivity contribution is 0.0953. The first-order valence-corrected chi connectivity index (χ1v) is 7.78. The quantitative estimate of drug-likeness (QED) is 0.485. The molecule has 2 rings (SSSR count). The van der Waals surface area contributed by atoms with Gasteiger partial charge in [-0.25, -0.2) is 4.98 Å². The minimum atomic E-state index is -0.0273. The van der Waals surface area contributed by atoms with E-state index in [0.29, 0.717) is 12.1 Å². The van der Waals surface area contributed by atoms with Gasteiger partial charge in [-0.05, 0) is 37.7 Å². The smallest absolute Gasteiger partial charge is 0.251 e. The van der Waals surface area contributed by atoms with Crippen LogP contribution < -0.4 is 10.6 Å². The molecule has 0 saturated heterocycles. The summed E-state index contributed by atoms with van der Waals surface area (Å²) in [5.74, 6) is 0.764. The van der Waals surface area contributed by atoms with Crippen LogP contribution in [0, 0.1) is 0 Å². The van der Waals surface area contributed by atoms with Gasteiger partial charge in [0.1, 0.15) is 6.33 Å². The van der Waals surface area contributed by atoms with E-state index in [2.05, 4.69) is 25.8 Å². The van der Waals surface area contributed by atoms with Gasteiger partial charge in [-0.1, -0.05) is 23.9 Å². The van der Waals surface area contributed by atoms with Gasteiger partial charge in [-0.15, -0.1) is 24.8 Å². The highest BCUT2D eigenvalue weighted by Gasteiger charge is 2.05. The van der Waals surface area contributed by atoms with E-state index in [1.54, 1.807) is 11.8 Å². The molecule has 3 N–H and O–H groups in total. The van der Waals surface area contributed by atoms with E-state index in [-0.39, 0.29) is 30.7 Å². The van der Waals surface area contributed by atoms with Crippen molar-refractivity contribution in [3.63, 3.8) is 0 Å². The highest BCUT2D eigenvalue weighted by Crippen LogP contribution is 2.18. The Hall–Kier alpha value is -1.28. The predicted molar refractivity (Wildman–Crippen MR) is 97.8 cm³/mol. The summed E-state index contributed by atoms with van der Waals surface area (Å²) in [6.45, 7) is 1.58. The van der Waals surface area contributed by atoms with Crippen molar-refractivity contribution in [2.45, 2.75) is 17.3 Å². The molecule has 9 heteroatoms. The number of H-pyrrole nitrogens is 1. The average molecular weight is 378 g/mol. The monoisotopic (exact) mass is 377 g/mol. The third-order valence-electron chi connectivity index (χ3n) is 2.87. The third-order valence-corrected chi connectivity index (χ3v) is 3.82. The molecule has 128 valence electrons. The number of hydrogen-bond acceptors (Lipinski definition) is 5. The number of rotatable bonds is 8. The van der Waals surface area contributed by atoms with Crippen molar-refractivity contribution in [2.24, 2.45) is 0 Å². The number of carbonyl (C=O) groups excluding carboxylic acids is 1. The fourth-order valence-corrected chi connectivity index (χ4v) is 2.47. The van der Waals surface area contributed by atoms with Crippen LogP contribution in [0.5, 0.6) is 0 Å². The molecular formula is C14H21Cl2N5OS. The highest BCUT2D eigenvalue weighted by atomic mass is 35.5. The number of nitrogens with zero attached hydrogens (tertiary/aromatic N) is 2. The van der Waals surface area contributed by atoms with Crippen molar-refractivity contribution in [2.75, 3.05) is 20.1 Å². The molecule has 0 aliphatic carbocycles. The normalized spacial score (nSPS) is 9.61. The van der Waals surface area contributed by atoms with E-state index in [9.17, 15) is 4.79 Å².